The first kappa shape index (κ1) is 11.6. The van der Waals surface area contributed by atoms with Gasteiger partial charge in [-0.1, -0.05) is 29.3 Å². The number of benzene rings is 1. The number of hydrogen-bond donors (Lipinski definition) is 1. The maximum Gasteiger partial charge on any atom is 0.0798 e. The Morgan fingerprint density at radius 1 is 1.21 bits per heavy atom. The molecule has 1 aromatic rings. The summed E-state index contributed by atoms with van der Waals surface area (Å²) in [5.74, 6) is 1.01. The van der Waals surface area contributed by atoms with E-state index in [1.807, 2.05) is 0 Å². The highest BCUT2D eigenvalue weighted by molar-refractivity contribution is 7.98. The molecule has 0 amide bonds. The van der Waals surface area contributed by atoms with E-state index in [0.717, 1.165) is 17.7 Å². The summed E-state index contributed by atoms with van der Waals surface area (Å²) in [5, 5.41) is 9.89. The van der Waals surface area contributed by atoms with Crippen LogP contribution in [0.2, 0.25) is 0 Å². The van der Waals surface area contributed by atoms with Crippen LogP contribution in [0.15, 0.2) is 18.2 Å². The number of thioether (sulfide) groups is 1. The van der Waals surface area contributed by atoms with Crippen molar-refractivity contribution < 1.29 is 5.11 Å². The molecule has 0 bridgehead atoms. The SMILES string of the molecule is CSCCC(O)c1cc(C)cc(C)c1. The summed E-state index contributed by atoms with van der Waals surface area (Å²) < 4.78 is 0. The van der Waals surface area contributed by atoms with Crippen LogP contribution in [-0.2, 0) is 0 Å². The van der Waals surface area contributed by atoms with Gasteiger partial charge >= 0.3 is 0 Å². The van der Waals surface area contributed by atoms with Crippen LogP contribution in [0.4, 0.5) is 0 Å². The molecule has 0 radical (unpaired) electrons. The van der Waals surface area contributed by atoms with Crippen LogP contribution >= 0.6 is 11.8 Å². The quantitative estimate of drug-likeness (QED) is 0.824. The number of rotatable bonds is 4. The summed E-state index contributed by atoms with van der Waals surface area (Å²) in [6, 6.07) is 6.26. The van der Waals surface area contributed by atoms with Gasteiger partial charge < -0.3 is 5.11 Å². The molecule has 1 unspecified atom stereocenters. The van der Waals surface area contributed by atoms with E-state index in [-0.39, 0.29) is 6.10 Å². The topological polar surface area (TPSA) is 20.2 Å². The van der Waals surface area contributed by atoms with Crippen LogP contribution in [0, 0.1) is 13.8 Å². The molecule has 0 aromatic heterocycles. The molecule has 0 saturated heterocycles. The Bertz CT molecular complexity index is 276. The van der Waals surface area contributed by atoms with Crippen LogP contribution in [-0.4, -0.2) is 17.1 Å². The molecular formula is C12H18OS. The Morgan fingerprint density at radius 3 is 2.29 bits per heavy atom. The van der Waals surface area contributed by atoms with Gasteiger partial charge in [0, 0.05) is 0 Å². The van der Waals surface area contributed by atoms with Gasteiger partial charge in [0.15, 0.2) is 0 Å². The molecule has 0 aliphatic rings. The van der Waals surface area contributed by atoms with Gasteiger partial charge in [-0.3, -0.25) is 0 Å². The second-order valence-electron chi connectivity index (χ2n) is 3.72. The van der Waals surface area contributed by atoms with Crippen LogP contribution in [0.3, 0.4) is 0 Å². The zero-order valence-electron chi connectivity index (χ0n) is 9.08. The lowest BCUT2D eigenvalue weighted by molar-refractivity contribution is 0.175. The van der Waals surface area contributed by atoms with Gasteiger partial charge in [-0.15, -0.1) is 0 Å². The molecular weight excluding hydrogens is 192 g/mol. The van der Waals surface area contributed by atoms with Crippen molar-refractivity contribution in [2.75, 3.05) is 12.0 Å². The zero-order chi connectivity index (χ0) is 10.6. The molecule has 0 fully saturated rings. The van der Waals surface area contributed by atoms with Gasteiger partial charge in [-0.2, -0.15) is 11.8 Å². The summed E-state index contributed by atoms with van der Waals surface area (Å²) in [6.07, 6.45) is 2.60. The summed E-state index contributed by atoms with van der Waals surface area (Å²) in [7, 11) is 0. The van der Waals surface area contributed by atoms with Crippen molar-refractivity contribution in [2.24, 2.45) is 0 Å². The van der Waals surface area contributed by atoms with Crippen LogP contribution < -0.4 is 0 Å². The summed E-state index contributed by atoms with van der Waals surface area (Å²) >= 11 is 1.77. The lowest BCUT2D eigenvalue weighted by atomic mass is 10.0. The first-order valence-corrected chi connectivity index (χ1v) is 6.28. The van der Waals surface area contributed by atoms with E-state index in [0.29, 0.717) is 0 Å². The highest BCUT2D eigenvalue weighted by Gasteiger charge is 2.07. The van der Waals surface area contributed by atoms with E-state index in [9.17, 15) is 5.11 Å². The van der Waals surface area contributed by atoms with Crippen molar-refractivity contribution in [2.45, 2.75) is 26.4 Å². The largest absolute Gasteiger partial charge is 0.388 e. The minimum Gasteiger partial charge on any atom is -0.388 e. The van der Waals surface area contributed by atoms with E-state index < -0.39 is 0 Å². The average Bonchev–Trinajstić information content (AvgIpc) is 2.12. The molecule has 0 spiro atoms. The minimum absolute atomic E-state index is 0.305. The third-order valence-corrected chi connectivity index (χ3v) is 2.87. The van der Waals surface area contributed by atoms with Gasteiger partial charge in [-0.25, -0.2) is 0 Å². The Hall–Kier alpha value is -0.470. The van der Waals surface area contributed by atoms with Crippen molar-refractivity contribution in [1.82, 2.24) is 0 Å². The maximum atomic E-state index is 9.89. The summed E-state index contributed by atoms with van der Waals surface area (Å²) in [5.41, 5.74) is 3.50. The predicted octanol–water partition coefficient (Wildman–Crippen LogP) is 3.09. The van der Waals surface area contributed by atoms with Crippen LogP contribution in [0.5, 0.6) is 0 Å². The molecule has 1 rings (SSSR count). The minimum atomic E-state index is -0.305. The zero-order valence-corrected chi connectivity index (χ0v) is 9.90. The second kappa shape index (κ2) is 5.42. The lowest BCUT2D eigenvalue weighted by Gasteiger charge is -2.11. The molecule has 0 aliphatic carbocycles. The van der Waals surface area contributed by atoms with E-state index >= 15 is 0 Å². The molecule has 0 aliphatic heterocycles. The molecule has 1 N–H and O–H groups in total. The Kier molecular flexibility index (Phi) is 4.49. The highest BCUT2D eigenvalue weighted by Crippen LogP contribution is 2.20. The fourth-order valence-electron chi connectivity index (χ4n) is 1.60. The molecule has 0 saturated carbocycles. The van der Waals surface area contributed by atoms with Gasteiger partial charge in [0.05, 0.1) is 6.10 Å². The third-order valence-electron chi connectivity index (χ3n) is 2.22. The number of aliphatic hydroxyl groups is 1. The van der Waals surface area contributed by atoms with E-state index in [4.69, 9.17) is 0 Å². The molecule has 0 heterocycles. The average molecular weight is 210 g/mol. The fraction of sp³-hybridized carbons (Fsp3) is 0.500. The van der Waals surface area contributed by atoms with Gasteiger partial charge in [0.2, 0.25) is 0 Å². The van der Waals surface area contributed by atoms with Crippen molar-refractivity contribution in [3.05, 3.63) is 34.9 Å². The second-order valence-corrected chi connectivity index (χ2v) is 4.70. The normalized spacial score (nSPS) is 12.9. The molecule has 1 aromatic carbocycles. The monoisotopic (exact) mass is 210 g/mol. The van der Waals surface area contributed by atoms with Crippen molar-refractivity contribution in [3.63, 3.8) is 0 Å². The van der Waals surface area contributed by atoms with Crippen molar-refractivity contribution in [3.8, 4) is 0 Å². The smallest absolute Gasteiger partial charge is 0.0798 e. The van der Waals surface area contributed by atoms with Gasteiger partial charge in [0.1, 0.15) is 0 Å². The number of hydrogen-bond acceptors (Lipinski definition) is 2. The van der Waals surface area contributed by atoms with E-state index in [2.05, 4.69) is 38.3 Å². The van der Waals surface area contributed by atoms with E-state index in [1.54, 1.807) is 11.8 Å². The summed E-state index contributed by atoms with van der Waals surface area (Å²) in [4.78, 5) is 0. The molecule has 78 valence electrons. The Balaban J connectivity index is 2.73. The molecule has 2 heteroatoms. The fourth-order valence-corrected chi connectivity index (χ4v) is 2.06. The van der Waals surface area contributed by atoms with Gasteiger partial charge in [0.25, 0.3) is 0 Å². The Labute approximate surface area is 90.5 Å². The van der Waals surface area contributed by atoms with Crippen molar-refractivity contribution in [1.29, 1.82) is 0 Å². The first-order valence-electron chi connectivity index (χ1n) is 4.88. The van der Waals surface area contributed by atoms with Crippen LogP contribution in [0.1, 0.15) is 29.2 Å². The number of aliphatic hydroxyl groups excluding tert-OH is 1. The predicted molar refractivity (Wildman–Crippen MR) is 63.9 cm³/mol. The number of aryl methyl sites for hydroxylation is 2. The standard InChI is InChI=1S/C12H18OS/c1-9-6-10(2)8-11(7-9)12(13)4-5-14-3/h6-8,12-13H,4-5H2,1-3H3. The van der Waals surface area contributed by atoms with Crippen molar-refractivity contribution >= 4 is 11.8 Å². The Morgan fingerprint density at radius 2 is 1.79 bits per heavy atom. The maximum absolute atomic E-state index is 9.89. The first-order chi connectivity index (χ1) is 6.63. The van der Waals surface area contributed by atoms with Crippen LogP contribution in [0.25, 0.3) is 0 Å². The molecule has 1 nitrogen and oxygen atoms in total. The van der Waals surface area contributed by atoms with Gasteiger partial charge in [-0.05, 0) is 37.8 Å². The van der Waals surface area contributed by atoms with E-state index in [1.165, 1.54) is 11.1 Å². The third kappa shape index (κ3) is 3.35. The lowest BCUT2D eigenvalue weighted by Crippen LogP contribution is -1.99. The highest BCUT2D eigenvalue weighted by atomic mass is 32.2. The summed E-state index contributed by atoms with van der Waals surface area (Å²) in [6.45, 7) is 4.13. The molecule has 14 heavy (non-hydrogen) atoms. The molecule has 1 atom stereocenters.